The number of halogens is 2. The summed E-state index contributed by atoms with van der Waals surface area (Å²) in [5.41, 5.74) is 8.68. The van der Waals surface area contributed by atoms with E-state index in [1.54, 1.807) is 36.7 Å². The van der Waals surface area contributed by atoms with Gasteiger partial charge in [0.1, 0.15) is 11.6 Å². The van der Waals surface area contributed by atoms with Gasteiger partial charge in [0.05, 0.1) is 36.7 Å². The van der Waals surface area contributed by atoms with Gasteiger partial charge in [-0.3, -0.25) is 9.59 Å². The predicted molar refractivity (Wildman–Crippen MR) is 152 cm³/mol. The Morgan fingerprint density at radius 1 is 1.05 bits per heavy atom. The van der Waals surface area contributed by atoms with Crippen LogP contribution in [0.15, 0.2) is 71.8 Å². The molecule has 5 rings (SSSR count). The van der Waals surface area contributed by atoms with Crippen LogP contribution in [0, 0.1) is 0 Å². The Morgan fingerprint density at radius 3 is 2.59 bits per heavy atom. The number of benzene rings is 2. The molecule has 2 aromatic carbocycles. The number of carbonyl (C=O) groups excluding carboxylic acids is 1. The van der Waals surface area contributed by atoms with Gasteiger partial charge in [-0.15, -0.1) is 5.10 Å². The molecule has 0 fully saturated rings. The van der Waals surface area contributed by atoms with Crippen molar-refractivity contribution >= 4 is 45.7 Å². The summed E-state index contributed by atoms with van der Waals surface area (Å²) in [5.74, 6) is 0.729. The molecule has 39 heavy (non-hydrogen) atoms. The van der Waals surface area contributed by atoms with E-state index in [-0.39, 0.29) is 22.9 Å². The number of ketones is 1. The van der Waals surface area contributed by atoms with E-state index in [9.17, 15) is 9.59 Å². The number of nitrogens with zero attached hydrogens (tertiary/aromatic N) is 5. The smallest absolute Gasteiger partial charge is 0.252 e. The number of hydrogen-bond donors (Lipinski definition) is 1. The van der Waals surface area contributed by atoms with E-state index in [4.69, 9.17) is 33.7 Å². The maximum absolute atomic E-state index is 13.4. The first-order chi connectivity index (χ1) is 18.8. The minimum atomic E-state index is -0.686. The van der Waals surface area contributed by atoms with Crippen molar-refractivity contribution in [2.75, 3.05) is 12.8 Å². The Bertz CT molecular complexity index is 1760. The van der Waals surface area contributed by atoms with E-state index in [0.29, 0.717) is 39.8 Å². The highest BCUT2D eigenvalue weighted by Crippen LogP contribution is 2.35. The lowest BCUT2D eigenvalue weighted by molar-refractivity contribution is -0.121. The van der Waals surface area contributed by atoms with E-state index in [1.165, 1.54) is 22.4 Å². The molecule has 0 aliphatic heterocycles. The standard InChI is InChI=1S/C28H24Cl2N6O3/c1-3-22(24(37)11-16-4-7-21-17(10-16)5-9-27(31)32-21)35-14-25(39-2)20(13-28(35)38)19-12-18(29)6-8-23(19)36-15-26(30)33-34-36/h4-10,12-15,22H,3,11H2,1-2H3,(H2,31,32). The Labute approximate surface area is 233 Å². The van der Waals surface area contributed by atoms with Crippen LogP contribution < -0.4 is 16.0 Å². The van der Waals surface area contributed by atoms with Crippen molar-refractivity contribution in [1.29, 1.82) is 0 Å². The third-order valence-corrected chi connectivity index (χ3v) is 6.88. The first-order valence-corrected chi connectivity index (χ1v) is 12.9. The van der Waals surface area contributed by atoms with Crippen LogP contribution in [0.25, 0.3) is 27.7 Å². The van der Waals surface area contributed by atoms with Crippen molar-refractivity contribution in [3.63, 3.8) is 0 Å². The molecule has 5 aromatic rings. The van der Waals surface area contributed by atoms with Crippen LogP contribution in [0.1, 0.15) is 24.9 Å². The van der Waals surface area contributed by atoms with Crippen molar-refractivity contribution in [3.8, 4) is 22.6 Å². The van der Waals surface area contributed by atoms with Crippen molar-refractivity contribution in [1.82, 2.24) is 24.5 Å². The maximum atomic E-state index is 13.4. The zero-order chi connectivity index (χ0) is 27.7. The van der Waals surface area contributed by atoms with Gasteiger partial charge in [0.2, 0.25) is 0 Å². The molecule has 0 spiro atoms. The Balaban J connectivity index is 1.51. The van der Waals surface area contributed by atoms with Crippen LogP contribution in [-0.4, -0.2) is 37.4 Å². The fourth-order valence-corrected chi connectivity index (χ4v) is 4.93. The summed E-state index contributed by atoms with van der Waals surface area (Å²) in [7, 11) is 1.50. The third kappa shape index (κ3) is 5.36. The molecule has 0 bridgehead atoms. The Morgan fingerprint density at radius 2 is 1.87 bits per heavy atom. The number of ether oxygens (including phenoxy) is 1. The summed E-state index contributed by atoms with van der Waals surface area (Å²) in [6, 6.07) is 15.1. The summed E-state index contributed by atoms with van der Waals surface area (Å²) in [6.45, 7) is 1.87. The number of rotatable bonds is 8. The van der Waals surface area contributed by atoms with Crippen molar-refractivity contribution in [2.45, 2.75) is 25.8 Å². The molecule has 11 heteroatoms. The summed E-state index contributed by atoms with van der Waals surface area (Å²) >= 11 is 12.3. The van der Waals surface area contributed by atoms with Crippen LogP contribution in [0.2, 0.25) is 10.2 Å². The number of aromatic nitrogens is 5. The van der Waals surface area contributed by atoms with Gasteiger partial charge in [-0.25, -0.2) is 9.67 Å². The van der Waals surface area contributed by atoms with Crippen LogP contribution in [0.4, 0.5) is 5.82 Å². The zero-order valence-electron chi connectivity index (χ0n) is 21.1. The lowest BCUT2D eigenvalue weighted by atomic mass is 9.99. The second-order valence-corrected chi connectivity index (χ2v) is 9.80. The third-order valence-electron chi connectivity index (χ3n) is 6.47. The highest BCUT2D eigenvalue weighted by Gasteiger charge is 2.23. The maximum Gasteiger partial charge on any atom is 0.252 e. The van der Waals surface area contributed by atoms with Gasteiger partial charge >= 0.3 is 0 Å². The largest absolute Gasteiger partial charge is 0.495 e. The van der Waals surface area contributed by atoms with Gasteiger partial charge in [-0.1, -0.05) is 41.4 Å². The molecule has 3 aromatic heterocycles. The molecule has 3 heterocycles. The number of pyridine rings is 2. The molecule has 0 amide bonds. The van der Waals surface area contributed by atoms with Gasteiger partial charge in [0, 0.05) is 34.0 Å². The normalized spacial score (nSPS) is 12.0. The number of hydrogen-bond acceptors (Lipinski definition) is 7. The molecular weight excluding hydrogens is 539 g/mol. The number of anilines is 1. The fraction of sp³-hybridized carbons (Fsp3) is 0.179. The first kappa shape index (κ1) is 26.4. The van der Waals surface area contributed by atoms with Crippen molar-refractivity contribution < 1.29 is 9.53 Å². The predicted octanol–water partition coefficient (Wildman–Crippen LogP) is 5.30. The highest BCUT2D eigenvalue weighted by molar-refractivity contribution is 6.31. The topological polar surface area (TPSA) is 118 Å². The molecule has 0 saturated heterocycles. The Hall–Kier alpha value is -4.21. The zero-order valence-corrected chi connectivity index (χ0v) is 22.6. The van der Waals surface area contributed by atoms with Crippen LogP contribution in [-0.2, 0) is 11.2 Å². The SMILES string of the molecule is CCC(C(=O)Cc1ccc2nc(N)ccc2c1)n1cc(OC)c(-c2cc(Cl)ccc2-n2cc(Cl)nn2)cc1=O. The number of fused-ring (bicyclic) bond motifs is 1. The molecule has 0 aliphatic carbocycles. The van der Waals surface area contributed by atoms with E-state index in [0.717, 1.165) is 16.5 Å². The number of carbonyl (C=O) groups is 1. The van der Waals surface area contributed by atoms with Crippen molar-refractivity contribution in [3.05, 3.63) is 93.1 Å². The number of nitrogen functional groups attached to an aromatic ring is 1. The molecular formula is C28H24Cl2N6O3. The van der Waals surface area contributed by atoms with Gasteiger partial charge < -0.3 is 15.0 Å². The summed E-state index contributed by atoms with van der Waals surface area (Å²) in [4.78, 5) is 31.2. The molecule has 2 N–H and O–H groups in total. The van der Waals surface area contributed by atoms with E-state index in [2.05, 4.69) is 15.3 Å². The van der Waals surface area contributed by atoms with E-state index >= 15 is 0 Å². The molecule has 9 nitrogen and oxygen atoms in total. The van der Waals surface area contributed by atoms with E-state index in [1.807, 2.05) is 31.2 Å². The molecule has 1 unspecified atom stereocenters. The van der Waals surface area contributed by atoms with E-state index < -0.39 is 6.04 Å². The molecule has 1 atom stereocenters. The summed E-state index contributed by atoms with van der Waals surface area (Å²) in [5, 5.41) is 9.43. The fourth-order valence-electron chi connectivity index (χ4n) is 4.63. The van der Waals surface area contributed by atoms with Gasteiger partial charge in [0.25, 0.3) is 5.56 Å². The van der Waals surface area contributed by atoms with Crippen LogP contribution in [0.3, 0.4) is 0 Å². The summed E-state index contributed by atoms with van der Waals surface area (Å²) < 4.78 is 8.59. The minimum absolute atomic E-state index is 0.0992. The first-order valence-electron chi connectivity index (χ1n) is 12.1. The number of Topliss-reactive ketones (excluding diaryl/α,β-unsaturated/α-hetero) is 1. The van der Waals surface area contributed by atoms with Gasteiger partial charge in [-0.2, -0.15) is 0 Å². The molecule has 0 saturated carbocycles. The van der Waals surface area contributed by atoms with Crippen molar-refractivity contribution in [2.24, 2.45) is 0 Å². The van der Waals surface area contributed by atoms with Gasteiger partial charge in [0.15, 0.2) is 10.9 Å². The quantitative estimate of drug-likeness (QED) is 0.272. The Kier molecular flexibility index (Phi) is 7.36. The number of nitrogens with two attached hydrogens (primary N) is 1. The van der Waals surface area contributed by atoms with Crippen LogP contribution >= 0.6 is 23.2 Å². The lowest BCUT2D eigenvalue weighted by Crippen LogP contribution is -2.30. The second-order valence-electron chi connectivity index (χ2n) is 8.98. The molecule has 198 valence electrons. The number of methoxy groups -OCH3 is 1. The van der Waals surface area contributed by atoms with Gasteiger partial charge in [-0.05, 0) is 54.4 Å². The second kappa shape index (κ2) is 10.9. The summed E-state index contributed by atoms with van der Waals surface area (Å²) in [6.07, 6.45) is 3.69. The average Bonchev–Trinajstić information content (AvgIpc) is 3.35. The molecule has 0 aliphatic rings. The average molecular weight is 563 g/mol. The van der Waals surface area contributed by atoms with Crippen LogP contribution in [0.5, 0.6) is 5.75 Å². The lowest BCUT2D eigenvalue weighted by Gasteiger charge is -2.20. The highest BCUT2D eigenvalue weighted by atomic mass is 35.5. The minimum Gasteiger partial charge on any atom is -0.495 e. The molecule has 0 radical (unpaired) electrons. The monoisotopic (exact) mass is 562 g/mol.